The predicted octanol–water partition coefficient (Wildman–Crippen LogP) is 3.75. The number of nitro groups is 1. The summed E-state index contributed by atoms with van der Waals surface area (Å²) in [5.41, 5.74) is 0.953. The molecule has 3 heterocycles. The summed E-state index contributed by atoms with van der Waals surface area (Å²) in [5.74, 6) is 0.415. The van der Waals surface area contributed by atoms with Crippen molar-refractivity contribution in [3.63, 3.8) is 0 Å². The molecule has 0 bridgehead atoms. The van der Waals surface area contributed by atoms with Crippen molar-refractivity contribution in [2.24, 2.45) is 4.99 Å². The van der Waals surface area contributed by atoms with Gasteiger partial charge in [0.25, 0.3) is 0 Å². The molecule has 0 N–H and O–H groups in total. The number of aromatic nitrogens is 1. The van der Waals surface area contributed by atoms with Crippen molar-refractivity contribution in [1.82, 2.24) is 9.88 Å². The SMILES string of the molecule is Cl.O=[N+]([O-])/C(=C\c1cccs1)C1=NCCN1Cc1ccc(Cl)nc1. The molecule has 0 amide bonds. The number of rotatable bonds is 5. The molecule has 0 saturated carbocycles. The van der Waals surface area contributed by atoms with Crippen molar-refractivity contribution in [3.05, 3.63) is 67.2 Å². The lowest BCUT2D eigenvalue weighted by Crippen LogP contribution is -2.30. The Labute approximate surface area is 154 Å². The van der Waals surface area contributed by atoms with Crippen molar-refractivity contribution >= 4 is 47.3 Å². The van der Waals surface area contributed by atoms with Gasteiger partial charge in [-0.2, -0.15) is 0 Å². The van der Waals surface area contributed by atoms with Crippen LogP contribution in [0.1, 0.15) is 10.4 Å². The topological polar surface area (TPSA) is 71.6 Å². The summed E-state index contributed by atoms with van der Waals surface area (Å²) in [6.07, 6.45) is 3.25. The molecule has 9 heteroatoms. The molecule has 2 aromatic rings. The molecule has 0 spiro atoms. The standard InChI is InChI=1S/C15H13ClN4O2S.ClH/c16-14-4-3-11(9-18-14)10-19-6-5-17-15(19)13(20(21)22)8-12-2-1-7-23-12;/h1-4,7-9H,5-6,10H2;1H/b13-8-;. The number of aliphatic imine (C=N–C) groups is 1. The maximum atomic E-state index is 11.5. The number of hydrogen-bond donors (Lipinski definition) is 0. The molecule has 2 aromatic heterocycles. The highest BCUT2D eigenvalue weighted by atomic mass is 35.5. The third-order valence-electron chi connectivity index (χ3n) is 3.34. The Morgan fingerprint density at radius 3 is 2.92 bits per heavy atom. The van der Waals surface area contributed by atoms with Crippen LogP contribution in [0.5, 0.6) is 0 Å². The monoisotopic (exact) mass is 384 g/mol. The largest absolute Gasteiger partial charge is 0.345 e. The summed E-state index contributed by atoms with van der Waals surface area (Å²) < 4.78 is 0. The van der Waals surface area contributed by atoms with Gasteiger partial charge in [-0.05, 0) is 23.1 Å². The first-order chi connectivity index (χ1) is 11.1. The van der Waals surface area contributed by atoms with E-state index in [0.29, 0.717) is 30.6 Å². The molecule has 3 rings (SSSR count). The van der Waals surface area contributed by atoms with Crippen LogP contribution in [0.25, 0.3) is 6.08 Å². The van der Waals surface area contributed by atoms with E-state index in [1.165, 1.54) is 11.3 Å². The van der Waals surface area contributed by atoms with E-state index < -0.39 is 0 Å². The number of halogens is 2. The second kappa shape index (κ2) is 8.23. The minimum Gasteiger partial charge on any atom is -0.345 e. The maximum absolute atomic E-state index is 11.5. The number of hydrogen-bond acceptors (Lipinski definition) is 6. The smallest absolute Gasteiger partial charge is 0.312 e. The molecule has 0 unspecified atom stereocenters. The molecule has 0 aromatic carbocycles. The van der Waals surface area contributed by atoms with Gasteiger partial charge in [0.15, 0.2) is 0 Å². The fourth-order valence-corrected chi connectivity index (χ4v) is 3.07. The van der Waals surface area contributed by atoms with Gasteiger partial charge < -0.3 is 4.90 Å². The Bertz CT molecular complexity index is 760. The first-order valence-corrected chi connectivity index (χ1v) is 8.19. The molecule has 1 aliphatic heterocycles. The summed E-state index contributed by atoms with van der Waals surface area (Å²) >= 11 is 7.24. The number of amidine groups is 1. The van der Waals surface area contributed by atoms with Crippen LogP contribution in [0.15, 0.2) is 46.5 Å². The molecule has 0 saturated heterocycles. The summed E-state index contributed by atoms with van der Waals surface area (Å²) in [5, 5.41) is 13.8. The number of thiophene rings is 1. The highest BCUT2D eigenvalue weighted by molar-refractivity contribution is 7.10. The highest BCUT2D eigenvalue weighted by Gasteiger charge is 2.29. The Morgan fingerprint density at radius 1 is 1.46 bits per heavy atom. The molecule has 0 fully saturated rings. The van der Waals surface area contributed by atoms with Gasteiger partial charge in [0.1, 0.15) is 5.15 Å². The van der Waals surface area contributed by atoms with Crippen LogP contribution >= 0.6 is 35.3 Å². The van der Waals surface area contributed by atoms with Crippen molar-refractivity contribution in [1.29, 1.82) is 0 Å². The number of pyridine rings is 1. The molecular weight excluding hydrogens is 371 g/mol. The lowest BCUT2D eigenvalue weighted by molar-refractivity contribution is -0.414. The number of nitrogens with zero attached hydrogens (tertiary/aromatic N) is 4. The minimum absolute atomic E-state index is 0. The zero-order valence-corrected chi connectivity index (χ0v) is 14.9. The Morgan fingerprint density at radius 2 is 2.29 bits per heavy atom. The van der Waals surface area contributed by atoms with Gasteiger partial charge in [0.2, 0.25) is 5.84 Å². The average Bonchev–Trinajstić information content (AvgIpc) is 3.18. The zero-order valence-electron chi connectivity index (χ0n) is 12.5. The van der Waals surface area contributed by atoms with E-state index in [0.717, 1.165) is 10.4 Å². The van der Waals surface area contributed by atoms with Crippen LogP contribution in [-0.2, 0) is 6.54 Å². The van der Waals surface area contributed by atoms with Gasteiger partial charge in [0, 0.05) is 30.2 Å². The van der Waals surface area contributed by atoms with Gasteiger partial charge in [-0.1, -0.05) is 23.7 Å². The molecule has 0 aliphatic carbocycles. The van der Waals surface area contributed by atoms with E-state index in [4.69, 9.17) is 11.6 Å². The minimum atomic E-state index is -0.378. The molecular formula is C15H14Cl2N4O2S. The van der Waals surface area contributed by atoms with Crippen molar-refractivity contribution in [3.8, 4) is 0 Å². The second-order valence-corrected chi connectivity index (χ2v) is 6.28. The van der Waals surface area contributed by atoms with E-state index in [2.05, 4.69) is 9.98 Å². The van der Waals surface area contributed by atoms with Crippen LogP contribution in [0.3, 0.4) is 0 Å². The van der Waals surface area contributed by atoms with Crippen LogP contribution in [0.2, 0.25) is 5.15 Å². The van der Waals surface area contributed by atoms with Gasteiger partial charge in [-0.15, -0.1) is 23.7 Å². The van der Waals surface area contributed by atoms with Crippen molar-refractivity contribution < 1.29 is 4.92 Å². The van der Waals surface area contributed by atoms with Gasteiger partial charge in [0.05, 0.1) is 11.5 Å². The third-order valence-corrected chi connectivity index (χ3v) is 4.38. The average molecular weight is 385 g/mol. The summed E-state index contributed by atoms with van der Waals surface area (Å²) in [4.78, 5) is 22.2. The van der Waals surface area contributed by atoms with E-state index in [1.54, 1.807) is 18.3 Å². The van der Waals surface area contributed by atoms with E-state index in [-0.39, 0.29) is 23.0 Å². The van der Waals surface area contributed by atoms with Crippen LogP contribution in [0, 0.1) is 10.1 Å². The molecule has 0 radical (unpaired) electrons. The Kier molecular flexibility index (Phi) is 6.30. The fraction of sp³-hybridized carbons (Fsp3) is 0.200. The Balaban J connectivity index is 0.00000208. The van der Waals surface area contributed by atoms with E-state index in [1.807, 2.05) is 28.5 Å². The van der Waals surface area contributed by atoms with Crippen LogP contribution < -0.4 is 0 Å². The molecule has 24 heavy (non-hydrogen) atoms. The predicted molar refractivity (Wildman–Crippen MR) is 98.5 cm³/mol. The second-order valence-electron chi connectivity index (χ2n) is 4.92. The zero-order chi connectivity index (χ0) is 16.2. The normalized spacial score (nSPS) is 14.3. The summed E-state index contributed by atoms with van der Waals surface area (Å²) in [7, 11) is 0. The maximum Gasteiger partial charge on any atom is 0.312 e. The van der Waals surface area contributed by atoms with Crippen LogP contribution in [-0.4, -0.2) is 33.7 Å². The first-order valence-electron chi connectivity index (χ1n) is 6.93. The fourth-order valence-electron chi connectivity index (χ4n) is 2.31. The highest BCUT2D eigenvalue weighted by Crippen LogP contribution is 2.20. The lowest BCUT2D eigenvalue weighted by Gasteiger charge is -2.18. The van der Waals surface area contributed by atoms with Gasteiger partial charge >= 0.3 is 5.70 Å². The van der Waals surface area contributed by atoms with Gasteiger partial charge in [-0.25, -0.2) is 4.98 Å². The van der Waals surface area contributed by atoms with Gasteiger partial charge in [-0.3, -0.25) is 15.1 Å². The molecule has 1 aliphatic rings. The summed E-state index contributed by atoms with van der Waals surface area (Å²) in [6.45, 7) is 1.71. The first kappa shape index (κ1) is 18.4. The molecule has 126 valence electrons. The van der Waals surface area contributed by atoms with Crippen molar-refractivity contribution in [2.75, 3.05) is 13.1 Å². The van der Waals surface area contributed by atoms with Crippen LogP contribution in [0.4, 0.5) is 0 Å². The molecule has 0 atom stereocenters. The Hall–Kier alpha value is -1.96. The quantitative estimate of drug-likeness (QED) is 0.447. The third kappa shape index (κ3) is 4.31. The molecule has 6 nitrogen and oxygen atoms in total. The van der Waals surface area contributed by atoms with E-state index in [9.17, 15) is 10.1 Å². The van der Waals surface area contributed by atoms with Crippen molar-refractivity contribution in [2.45, 2.75) is 6.54 Å². The summed E-state index contributed by atoms with van der Waals surface area (Å²) in [6, 6.07) is 7.28. The van der Waals surface area contributed by atoms with E-state index >= 15 is 0 Å². The lowest BCUT2D eigenvalue weighted by atomic mass is 10.2.